The Labute approximate surface area is 118 Å². The lowest BCUT2D eigenvalue weighted by Gasteiger charge is -2.25. The molecule has 2 heterocycles. The SMILES string of the molecule is O=C1CSC(=S)N1N1C(=O)[C@H]2[C@H](C1=O)[C@H]1C=C[C@H]2C1. The molecule has 2 saturated heterocycles. The third-order valence-corrected chi connectivity index (χ3v) is 5.71. The number of hydrazine groups is 1. The minimum Gasteiger partial charge on any atom is -0.272 e. The Morgan fingerprint density at radius 1 is 1.05 bits per heavy atom. The number of rotatable bonds is 1. The van der Waals surface area contributed by atoms with E-state index in [2.05, 4.69) is 0 Å². The highest BCUT2D eigenvalue weighted by Gasteiger charge is 2.61. The standard InChI is InChI=1S/C12H10N2O3S2/c15-7-4-19-12(18)13(7)14-10(16)8-5-1-2-6(3-5)9(8)11(14)17/h1-2,5-6,8-9H,3-4H2/t5-,6-,8+,9+/m0/s1. The quantitative estimate of drug-likeness (QED) is 0.402. The molecule has 3 amide bonds. The number of thiocarbonyl (C=S) groups is 1. The summed E-state index contributed by atoms with van der Waals surface area (Å²) in [5, 5.41) is 2.11. The zero-order valence-corrected chi connectivity index (χ0v) is 11.4. The van der Waals surface area contributed by atoms with Gasteiger partial charge < -0.3 is 0 Å². The second-order valence-electron chi connectivity index (χ2n) is 5.25. The number of hydrogen-bond donors (Lipinski definition) is 0. The van der Waals surface area contributed by atoms with E-state index in [0.29, 0.717) is 4.32 Å². The first-order valence-electron chi connectivity index (χ1n) is 6.15. The summed E-state index contributed by atoms with van der Waals surface area (Å²) >= 11 is 6.27. The van der Waals surface area contributed by atoms with E-state index in [-0.39, 0.29) is 47.1 Å². The van der Waals surface area contributed by atoms with Crippen molar-refractivity contribution in [3.8, 4) is 0 Å². The summed E-state index contributed by atoms with van der Waals surface area (Å²) < 4.78 is 0.298. The highest BCUT2D eigenvalue weighted by atomic mass is 32.2. The van der Waals surface area contributed by atoms with Gasteiger partial charge in [0.1, 0.15) is 0 Å². The average molecular weight is 294 g/mol. The molecule has 5 nitrogen and oxygen atoms in total. The summed E-state index contributed by atoms with van der Waals surface area (Å²) in [5.74, 6) is -0.874. The second-order valence-corrected chi connectivity index (χ2v) is 6.86. The Bertz CT molecular complexity index is 527. The molecular weight excluding hydrogens is 284 g/mol. The molecule has 2 aliphatic carbocycles. The lowest BCUT2D eigenvalue weighted by molar-refractivity contribution is -0.160. The number of carbonyl (C=O) groups excluding carboxylic acids is 3. The molecule has 0 radical (unpaired) electrons. The van der Waals surface area contributed by atoms with Gasteiger partial charge in [-0.15, -0.1) is 0 Å². The monoisotopic (exact) mass is 294 g/mol. The van der Waals surface area contributed by atoms with Crippen molar-refractivity contribution in [1.29, 1.82) is 0 Å². The Kier molecular flexibility index (Phi) is 2.24. The van der Waals surface area contributed by atoms with Gasteiger partial charge in [0, 0.05) is 0 Å². The van der Waals surface area contributed by atoms with Crippen molar-refractivity contribution in [1.82, 2.24) is 10.0 Å². The van der Waals surface area contributed by atoms with E-state index in [1.54, 1.807) is 0 Å². The number of carbonyl (C=O) groups is 3. The number of allylic oxidation sites excluding steroid dienone is 2. The van der Waals surface area contributed by atoms with Crippen molar-refractivity contribution in [2.24, 2.45) is 23.7 Å². The van der Waals surface area contributed by atoms with Gasteiger partial charge in [-0.3, -0.25) is 14.4 Å². The van der Waals surface area contributed by atoms with Gasteiger partial charge in [-0.25, -0.2) is 0 Å². The first kappa shape index (κ1) is 11.6. The maximum atomic E-state index is 12.5. The lowest BCUT2D eigenvalue weighted by Crippen LogP contribution is -2.50. The molecule has 4 rings (SSSR count). The van der Waals surface area contributed by atoms with Gasteiger partial charge in [0.15, 0.2) is 4.32 Å². The van der Waals surface area contributed by atoms with Crippen LogP contribution in [0.4, 0.5) is 0 Å². The highest BCUT2D eigenvalue weighted by molar-refractivity contribution is 8.23. The van der Waals surface area contributed by atoms with Crippen molar-refractivity contribution in [2.45, 2.75) is 6.42 Å². The molecule has 4 aliphatic rings. The summed E-state index contributed by atoms with van der Waals surface area (Å²) in [7, 11) is 0. The van der Waals surface area contributed by atoms with E-state index in [1.807, 2.05) is 12.2 Å². The fourth-order valence-corrected chi connectivity index (χ4v) is 4.66. The van der Waals surface area contributed by atoms with Crippen molar-refractivity contribution >= 4 is 46.0 Å². The molecule has 1 saturated carbocycles. The largest absolute Gasteiger partial charge is 0.272 e. The Balaban J connectivity index is 1.73. The van der Waals surface area contributed by atoms with Crippen LogP contribution in [0.2, 0.25) is 0 Å². The molecule has 0 spiro atoms. The van der Waals surface area contributed by atoms with Crippen LogP contribution >= 0.6 is 24.0 Å². The van der Waals surface area contributed by atoms with Crippen molar-refractivity contribution in [3.05, 3.63) is 12.2 Å². The third kappa shape index (κ3) is 1.32. The van der Waals surface area contributed by atoms with Crippen LogP contribution in [0.15, 0.2) is 12.2 Å². The molecule has 0 N–H and O–H groups in total. The lowest BCUT2D eigenvalue weighted by atomic mass is 9.85. The molecule has 0 unspecified atom stereocenters. The van der Waals surface area contributed by atoms with Gasteiger partial charge in [-0.1, -0.05) is 36.1 Å². The second kappa shape index (κ2) is 3.67. The Morgan fingerprint density at radius 2 is 1.63 bits per heavy atom. The molecule has 4 atom stereocenters. The van der Waals surface area contributed by atoms with E-state index in [1.165, 1.54) is 11.8 Å². The zero-order valence-electron chi connectivity index (χ0n) is 9.81. The summed E-state index contributed by atoms with van der Waals surface area (Å²) in [6, 6.07) is 0. The molecule has 7 heteroatoms. The molecule has 0 aromatic rings. The minimum absolute atomic E-state index is 0.148. The van der Waals surface area contributed by atoms with E-state index >= 15 is 0 Å². The first-order valence-corrected chi connectivity index (χ1v) is 7.54. The van der Waals surface area contributed by atoms with Gasteiger partial charge in [0.2, 0.25) is 0 Å². The van der Waals surface area contributed by atoms with E-state index in [9.17, 15) is 14.4 Å². The number of thioether (sulfide) groups is 1. The van der Waals surface area contributed by atoms with Gasteiger partial charge in [-0.05, 0) is 18.3 Å². The van der Waals surface area contributed by atoms with Crippen molar-refractivity contribution in [2.75, 3.05) is 5.75 Å². The van der Waals surface area contributed by atoms with E-state index in [0.717, 1.165) is 16.4 Å². The van der Waals surface area contributed by atoms with Crippen LogP contribution in [0.5, 0.6) is 0 Å². The van der Waals surface area contributed by atoms with Crippen LogP contribution in [0.3, 0.4) is 0 Å². The molecule has 19 heavy (non-hydrogen) atoms. The summed E-state index contributed by atoms with van der Waals surface area (Å²) in [6.07, 6.45) is 4.94. The maximum Gasteiger partial charge on any atom is 0.258 e. The zero-order chi connectivity index (χ0) is 13.3. The van der Waals surface area contributed by atoms with Crippen LogP contribution in [0.1, 0.15) is 6.42 Å². The summed E-state index contributed by atoms with van der Waals surface area (Å²) in [5.41, 5.74) is 0. The maximum absolute atomic E-state index is 12.5. The van der Waals surface area contributed by atoms with Gasteiger partial charge in [-0.2, -0.15) is 10.0 Å². The number of amides is 3. The topological polar surface area (TPSA) is 57.7 Å². The van der Waals surface area contributed by atoms with Gasteiger partial charge >= 0.3 is 0 Å². The predicted octanol–water partition coefficient (Wildman–Crippen LogP) is 0.569. The van der Waals surface area contributed by atoms with Gasteiger partial charge in [0.05, 0.1) is 17.6 Å². The number of hydrogen-bond acceptors (Lipinski definition) is 5. The van der Waals surface area contributed by atoms with Crippen LogP contribution in [0, 0.1) is 23.7 Å². The number of fused-ring (bicyclic) bond motifs is 5. The number of nitrogens with zero attached hydrogens (tertiary/aromatic N) is 2. The fraction of sp³-hybridized carbons (Fsp3) is 0.500. The van der Waals surface area contributed by atoms with Crippen LogP contribution in [-0.2, 0) is 14.4 Å². The highest BCUT2D eigenvalue weighted by Crippen LogP contribution is 2.53. The minimum atomic E-state index is -0.288. The average Bonchev–Trinajstić information content (AvgIpc) is 3.10. The molecule has 2 bridgehead atoms. The Hall–Kier alpha value is -1.21. The number of imide groups is 1. The molecule has 98 valence electrons. The first-order chi connectivity index (χ1) is 9.09. The summed E-state index contributed by atoms with van der Waals surface area (Å²) in [4.78, 5) is 36.8. The molecule has 0 aromatic carbocycles. The molecular formula is C12H10N2O3S2. The van der Waals surface area contributed by atoms with Crippen LogP contribution < -0.4 is 0 Å². The van der Waals surface area contributed by atoms with Crippen molar-refractivity contribution in [3.63, 3.8) is 0 Å². The molecule has 0 aromatic heterocycles. The fourth-order valence-electron chi connectivity index (χ4n) is 3.62. The summed E-state index contributed by atoms with van der Waals surface area (Å²) in [6.45, 7) is 0. The molecule has 2 aliphatic heterocycles. The molecule has 3 fully saturated rings. The normalized spacial score (nSPS) is 40.0. The van der Waals surface area contributed by atoms with Crippen molar-refractivity contribution < 1.29 is 14.4 Å². The van der Waals surface area contributed by atoms with E-state index in [4.69, 9.17) is 12.2 Å². The van der Waals surface area contributed by atoms with Crippen LogP contribution in [-0.4, -0.2) is 37.8 Å². The van der Waals surface area contributed by atoms with Gasteiger partial charge in [0.25, 0.3) is 17.7 Å². The predicted molar refractivity (Wildman–Crippen MR) is 71.5 cm³/mol. The third-order valence-electron chi connectivity index (χ3n) is 4.38. The smallest absolute Gasteiger partial charge is 0.258 e. The Morgan fingerprint density at radius 3 is 2.11 bits per heavy atom. The van der Waals surface area contributed by atoms with Crippen LogP contribution in [0.25, 0.3) is 0 Å². The van der Waals surface area contributed by atoms with E-state index < -0.39 is 0 Å².